The van der Waals surface area contributed by atoms with Crippen LogP contribution in [0.15, 0.2) is 64.5 Å². The quantitative estimate of drug-likeness (QED) is 0.414. The van der Waals surface area contributed by atoms with Crippen LogP contribution in [-0.4, -0.2) is 30.2 Å². The molecule has 2 N–H and O–H groups in total. The standard InChI is InChI=1S/C21H30N4O/c1-18(13-14-19-10-4-3-5-11-19)24-21(22-2)23-15-7-9-17-25-16-8-6-12-20(25)26/h3-6,8,10-12,16,18H,7,9,13-15,17H2,1-2H3,(H2,22,23,24). The Bertz CT molecular complexity index is 724. The maximum Gasteiger partial charge on any atom is 0.250 e. The van der Waals surface area contributed by atoms with Gasteiger partial charge < -0.3 is 15.2 Å². The topological polar surface area (TPSA) is 58.4 Å². The molecular formula is C21H30N4O. The number of aryl methyl sites for hydroxylation is 2. The van der Waals surface area contributed by atoms with E-state index in [4.69, 9.17) is 0 Å². The predicted molar refractivity (Wildman–Crippen MR) is 109 cm³/mol. The molecule has 2 aromatic rings. The van der Waals surface area contributed by atoms with E-state index in [2.05, 4.69) is 46.8 Å². The third-order valence-corrected chi connectivity index (χ3v) is 4.33. The van der Waals surface area contributed by atoms with Crippen LogP contribution < -0.4 is 16.2 Å². The average Bonchev–Trinajstić information content (AvgIpc) is 2.67. The molecule has 0 fully saturated rings. The summed E-state index contributed by atoms with van der Waals surface area (Å²) in [5.41, 5.74) is 1.42. The van der Waals surface area contributed by atoms with Crippen LogP contribution in [0.2, 0.25) is 0 Å². The number of benzene rings is 1. The number of unbranched alkanes of at least 4 members (excludes halogenated alkanes) is 1. The van der Waals surface area contributed by atoms with Crippen molar-refractivity contribution in [3.63, 3.8) is 0 Å². The first-order chi connectivity index (χ1) is 12.7. The lowest BCUT2D eigenvalue weighted by Crippen LogP contribution is -2.42. The summed E-state index contributed by atoms with van der Waals surface area (Å²) < 4.78 is 1.75. The van der Waals surface area contributed by atoms with Gasteiger partial charge in [-0.3, -0.25) is 9.79 Å². The normalized spacial score (nSPS) is 12.6. The zero-order chi connectivity index (χ0) is 18.6. The number of pyridine rings is 1. The SMILES string of the molecule is CN=C(NCCCCn1ccccc1=O)NC(C)CCc1ccccc1. The molecule has 2 rings (SSSR count). The van der Waals surface area contributed by atoms with Crippen LogP contribution in [0.4, 0.5) is 0 Å². The minimum Gasteiger partial charge on any atom is -0.356 e. The van der Waals surface area contributed by atoms with Crippen LogP contribution in [-0.2, 0) is 13.0 Å². The number of hydrogen-bond acceptors (Lipinski definition) is 2. The Hall–Kier alpha value is -2.56. The van der Waals surface area contributed by atoms with Crippen LogP contribution in [0, 0.1) is 0 Å². The van der Waals surface area contributed by atoms with Gasteiger partial charge in [-0.2, -0.15) is 0 Å². The van der Waals surface area contributed by atoms with E-state index in [9.17, 15) is 4.79 Å². The molecule has 1 heterocycles. The second-order valence-corrected chi connectivity index (χ2v) is 6.51. The highest BCUT2D eigenvalue weighted by Crippen LogP contribution is 2.04. The summed E-state index contributed by atoms with van der Waals surface area (Å²) in [5, 5.41) is 6.79. The highest BCUT2D eigenvalue weighted by Gasteiger charge is 2.05. The average molecular weight is 354 g/mol. The molecule has 1 aromatic heterocycles. The molecule has 1 atom stereocenters. The van der Waals surface area contributed by atoms with Crippen LogP contribution in [0.25, 0.3) is 0 Å². The van der Waals surface area contributed by atoms with Gasteiger partial charge in [0.15, 0.2) is 5.96 Å². The van der Waals surface area contributed by atoms with Crippen molar-refractivity contribution in [3.05, 3.63) is 70.6 Å². The Morgan fingerprint density at radius 3 is 2.62 bits per heavy atom. The number of hydrogen-bond donors (Lipinski definition) is 2. The van der Waals surface area contributed by atoms with E-state index in [-0.39, 0.29) is 5.56 Å². The van der Waals surface area contributed by atoms with Gasteiger partial charge in [0.25, 0.3) is 0 Å². The van der Waals surface area contributed by atoms with E-state index in [0.717, 1.165) is 44.7 Å². The Kier molecular flexibility index (Phi) is 8.46. The third-order valence-electron chi connectivity index (χ3n) is 4.33. The molecule has 140 valence electrons. The fraction of sp³-hybridized carbons (Fsp3) is 0.429. The summed E-state index contributed by atoms with van der Waals surface area (Å²) >= 11 is 0. The van der Waals surface area contributed by atoms with Crippen molar-refractivity contribution >= 4 is 5.96 Å². The lowest BCUT2D eigenvalue weighted by molar-refractivity contribution is 0.570. The molecule has 1 unspecified atom stereocenters. The van der Waals surface area contributed by atoms with Gasteiger partial charge in [-0.1, -0.05) is 36.4 Å². The molecule has 0 saturated heterocycles. The highest BCUT2D eigenvalue weighted by atomic mass is 16.1. The molecule has 5 nitrogen and oxygen atoms in total. The molecule has 0 aliphatic carbocycles. The summed E-state index contributed by atoms with van der Waals surface area (Å²) in [7, 11) is 1.79. The molecule has 0 amide bonds. The highest BCUT2D eigenvalue weighted by molar-refractivity contribution is 5.79. The molecular weight excluding hydrogens is 324 g/mol. The monoisotopic (exact) mass is 354 g/mol. The van der Waals surface area contributed by atoms with Crippen molar-refractivity contribution in [1.29, 1.82) is 0 Å². The van der Waals surface area contributed by atoms with Gasteiger partial charge in [-0.25, -0.2) is 0 Å². The fourth-order valence-electron chi connectivity index (χ4n) is 2.79. The first-order valence-corrected chi connectivity index (χ1v) is 9.35. The van der Waals surface area contributed by atoms with Crippen LogP contribution in [0.1, 0.15) is 31.7 Å². The minimum atomic E-state index is 0.0603. The maximum absolute atomic E-state index is 11.6. The minimum absolute atomic E-state index is 0.0603. The summed E-state index contributed by atoms with van der Waals surface area (Å²) in [4.78, 5) is 15.9. The van der Waals surface area contributed by atoms with Crippen LogP contribution >= 0.6 is 0 Å². The third kappa shape index (κ3) is 7.13. The molecule has 0 bridgehead atoms. The number of nitrogens with zero attached hydrogens (tertiary/aromatic N) is 2. The molecule has 0 aliphatic rings. The Balaban J connectivity index is 1.62. The molecule has 1 aromatic carbocycles. The van der Waals surface area contributed by atoms with E-state index in [1.54, 1.807) is 23.7 Å². The van der Waals surface area contributed by atoms with Crippen molar-refractivity contribution in [2.24, 2.45) is 4.99 Å². The zero-order valence-corrected chi connectivity index (χ0v) is 15.8. The number of aliphatic imine (C=N–C) groups is 1. The van der Waals surface area contributed by atoms with E-state index in [0.29, 0.717) is 6.04 Å². The van der Waals surface area contributed by atoms with Gasteiger partial charge in [0.1, 0.15) is 0 Å². The molecule has 26 heavy (non-hydrogen) atoms. The lowest BCUT2D eigenvalue weighted by Gasteiger charge is -2.18. The van der Waals surface area contributed by atoms with Gasteiger partial charge in [0.2, 0.25) is 5.56 Å². The van der Waals surface area contributed by atoms with E-state index < -0.39 is 0 Å². The number of nitrogens with one attached hydrogen (secondary N) is 2. The van der Waals surface area contributed by atoms with Gasteiger partial charge in [-0.15, -0.1) is 0 Å². The number of rotatable bonds is 9. The second-order valence-electron chi connectivity index (χ2n) is 6.51. The summed E-state index contributed by atoms with van der Waals surface area (Å²) in [6, 6.07) is 16.2. The van der Waals surface area contributed by atoms with Crippen molar-refractivity contribution in [2.75, 3.05) is 13.6 Å². The van der Waals surface area contributed by atoms with E-state index in [1.165, 1.54) is 5.56 Å². The fourth-order valence-corrected chi connectivity index (χ4v) is 2.79. The number of aromatic nitrogens is 1. The van der Waals surface area contributed by atoms with Gasteiger partial charge in [-0.05, 0) is 44.2 Å². The summed E-state index contributed by atoms with van der Waals surface area (Å²) in [6.07, 6.45) is 5.89. The largest absolute Gasteiger partial charge is 0.356 e. The smallest absolute Gasteiger partial charge is 0.250 e. The molecule has 0 saturated carbocycles. The van der Waals surface area contributed by atoms with Crippen molar-refractivity contribution in [1.82, 2.24) is 15.2 Å². The zero-order valence-electron chi connectivity index (χ0n) is 15.8. The maximum atomic E-state index is 11.6. The summed E-state index contributed by atoms with van der Waals surface area (Å²) in [6.45, 7) is 3.77. The van der Waals surface area contributed by atoms with Crippen molar-refractivity contribution in [2.45, 2.75) is 45.2 Å². The molecule has 5 heteroatoms. The molecule has 0 spiro atoms. The van der Waals surface area contributed by atoms with Crippen LogP contribution in [0.3, 0.4) is 0 Å². The first kappa shape index (κ1) is 19.8. The Morgan fingerprint density at radius 2 is 1.88 bits per heavy atom. The second kappa shape index (κ2) is 11.1. The van der Waals surface area contributed by atoms with Crippen LogP contribution in [0.5, 0.6) is 0 Å². The van der Waals surface area contributed by atoms with Gasteiger partial charge in [0, 0.05) is 38.4 Å². The van der Waals surface area contributed by atoms with Crippen molar-refractivity contribution < 1.29 is 0 Å². The predicted octanol–water partition coefficient (Wildman–Crippen LogP) is 2.81. The van der Waals surface area contributed by atoms with E-state index >= 15 is 0 Å². The Morgan fingerprint density at radius 1 is 1.12 bits per heavy atom. The van der Waals surface area contributed by atoms with Gasteiger partial charge >= 0.3 is 0 Å². The summed E-state index contributed by atoms with van der Waals surface area (Å²) in [5.74, 6) is 0.836. The van der Waals surface area contributed by atoms with Gasteiger partial charge in [0.05, 0.1) is 0 Å². The molecule has 0 aliphatic heterocycles. The molecule has 0 radical (unpaired) electrons. The van der Waals surface area contributed by atoms with E-state index in [1.807, 2.05) is 18.3 Å². The lowest BCUT2D eigenvalue weighted by atomic mass is 10.1. The van der Waals surface area contributed by atoms with Crippen molar-refractivity contribution in [3.8, 4) is 0 Å². The Labute approximate surface area is 156 Å². The first-order valence-electron chi connectivity index (χ1n) is 9.35. The number of guanidine groups is 1.